The number of amides is 1. The Hall–Kier alpha value is -2.25. The van der Waals surface area contributed by atoms with E-state index in [1.54, 1.807) is 18.2 Å². The minimum atomic E-state index is -3.28. The fraction of sp³-hybridized carbons (Fsp3) is 0.316. The highest BCUT2D eigenvalue weighted by atomic mass is 32.2. The number of nitrogens with zero attached hydrogens (tertiary/aromatic N) is 1. The first kappa shape index (κ1) is 20.1. The van der Waals surface area contributed by atoms with Crippen LogP contribution in [0.1, 0.15) is 23.5 Å². The molecule has 26 heavy (non-hydrogen) atoms. The van der Waals surface area contributed by atoms with Crippen molar-refractivity contribution >= 4 is 15.9 Å². The van der Waals surface area contributed by atoms with Crippen LogP contribution >= 0.6 is 0 Å². The highest BCUT2D eigenvalue weighted by Gasteiger charge is 2.21. The van der Waals surface area contributed by atoms with E-state index in [0.717, 1.165) is 11.8 Å². The maximum absolute atomic E-state index is 14.3. The minimum absolute atomic E-state index is 0.0769. The van der Waals surface area contributed by atoms with Crippen molar-refractivity contribution in [1.82, 2.24) is 9.62 Å². The Morgan fingerprint density at radius 2 is 1.73 bits per heavy atom. The standard InChI is InChI=1S/C19H23FN2O3S/c1-22(26(2,24)25)13-12-21-19(23)14-17(15-8-4-3-5-9-15)16-10-6-7-11-18(16)20/h3-11,17H,12-14H2,1-2H3,(H,21,23)/t17-/m0/s1. The van der Waals surface area contributed by atoms with Crippen LogP contribution < -0.4 is 5.32 Å². The quantitative estimate of drug-likeness (QED) is 0.767. The summed E-state index contributed by atoms with van der Waals surface area (Å²) >= 11 is 0. The molecule has 0 saturated carbocycles. The molecular weight excluding hydrogens is 355 g/mol. The number of nitrogens with one attached hydrogen (secondary N) is 1. The van der Waals surface area contributed by atoms with Gasteiger partial charge >= 0.3 is 0 Å². The smallest absolute Gasteiger partial charge is 0.220 e. The molecule has 2 rings (SSSR count). The second-order valence-corrected chi connectivity index (χ2v) is 8.21. The molecule has 1 amide bonds. The SMILES string of the molecule is CN(CCNC(=O)C[C@@H](c1ccccc1)c1ccccc1F)S(C)(=O)=O. The van der Waals surface area contributed by atoms with Crippen LogP contribution in [0.4, 0.5) is 4.39 Å². The average Bonchev–Trinajstić information content (AvgIpc) is 2.60. The van der Waals surface area contributed by atoms with Crippen molar-refractivity contribution in [3.05, 3.63) is 71.5 Å². The highest BCUT2D eigenvalue weighted by molar-refractivity contribution is 7.88. The van der Waals surface area contributed by atoms with Crippen LogP contribution in [0.25, 0.3) is 0 Å². The van der Waals surface area contributed by atoms with E-state index < -0.39 is 15.9 Å². The van der Waals surface area contributed by atoms with Gasteiger partial charge in [-0.25, -0.2) is 17.1 Å². The number of hydrogen-bond donors (Lipinski definition) is 1. The molecule has 7 heteroatoms. The Kier molecular flexibility index (Phi) is 6.88. The molecule has 0 unspecified atom stereocenters. The second kappa shape index (κ2) is 8.91. The number of carbonyl (C=O) groups excluding carboxylic acids is 1. The van der Waals surface area contributed by atoms with Crippen molar-refractivity contribution in [3.63, 3.8) is 0 Å². The van der Waals surface area contributed by atoms with Crippen LogP contribution in [-0.4, -0.2) is 45.0 Å². The van der Waals surface area contributed by atoms with E-state index in [1.807, 2.05) is 30.3 Å². The van der Waals surface area contributed by atoms with Crippen LogP contribution in [0.3, 0.4) is 0 Å². The lowest BCUT2D eigenvalue weighted by atomic mass is 9.88. The van der Waals surface area contributed by atoms with E-state index >= 15 is 0 Å². The number of likely N-dealkylation sites (N-methyl/N-ethyl adjacent to an activating group) is 1. The van der Waals surface area contributed by atoms with Crippen LogP contribution in [0.5, 0.6) is 0 Å². The van der Waals surface area contributed by atoms with Crippen molar-refractivity contribution in [2.24, 2.45) is 0 Å². The monoisotopic (exact) mass is 378 g/mol. The predicted octanol–water partition coefficient (Wildman–Crippen LogP) is 2.36. The molecule has 0 heterocycles. The van der Waals surface area contributed by atoms with Crippen molar-refractivity contribution in [2.75, 3.05) is 26.4 Å². The zero-order chi connectivity index (χ0) is 19.2. The third-order valence-electron chi connectivity index (χ3n) is 4.19. The molecular formula is C19H23FN2O3S. The molecule has 0 aromatic heterocycles. The van der Waals surface area contributed by atoms with E-state index in [0.29, 0.717) is 5.56 Å². The number of halogens is 1. The molecule has 2 aromatic rings. The van der Waals surface area contributed by atoms with Gasteiger partial charge in [-0.15, -0.1) is 0 Å². The number of sulfonamides is 1. The highest BCUT2D eigenvalue weighted by Crippen LogP contribution is 2.29. The molecule has 1 N–H and O–H groups in total. The maximum atomic E-state index is 14.3. The molecule has 0 aliphatic carbocycles. The van der Waals surface area contributed by atoms with E-state index in [-0.39, 0.29) is 31.2 Å². The van der Waals surface area contributed by atoms with E-state index in [2.05, 4.69) is 5.32 Å². The van der Waals surface area contributed by atoms with E-state index in [1.165, 1.54) is 17.4 Å². The van der Waals surface area contributed by atoms with Gasteiger partial charge in [0.1, 0.15) is 5.82 Å². The largest absolute Gasteiger partial charge is 0.355 e. The van der Waals surface area contributed by atoms with Gasteiger partial charge < -0.3 is 5.32 Å². The Morgan fingerprint density at radius 1 is 1.12 bits per heavy atom. The zero-order valence-electron chi connectivity index (χ0n) is 14.9. The lowest BCUT2D eigenvalue weighted by molar-refractivity contribution is -0.121. The molecule has 0 spiro atoms. The van der Waals surface area contributed by atoms with E-state index in [4.69, 9.17) is 0 Å². The molecule has 1 atom stereocenters. The van der Waals surface area contributed by atoms with Crippen molar-refractivity contribution in [3.8, 4) is 0 Å². The third kappa shape index (κ3) is 5.64. The van der Waals surface area contributed by atoms with Crippen LogP contribution in [0.15, 0.2) is 54.6 Å². The summed E-state index contributed by atoms with van der Waals surface area (Å²) in [5, 5.41) is 2.71. The summed E-state index contributed by atoms with van der Waals surface area (Å²) in [6.45, 7) is 0.376. The summed E-state index contributed by atoms with van der Waals surface area (Å²) in [4.78, 5) is 12.3. The van der Waals surface area contributed by atoms with Crippen LogP contribution in [0.2, 0.25) is 0 Å². The summed E-state index contributed by atoms with van der Waals surface area (Å²) in [6.07, 6.45) is 1.19. The molecule has 0 fully saturated rings. The molecule has 2 aromatic carbocycles. The van der Waals surface area contributed by atoms with Crippen LogP contribution in [-0.2, 0) is 14.8 Å². The number of rotatable bonds is 8. The molecule has 140 valence electrons. The van der Waals surface area contributed by atoms with Crippen LogP contribution in [0, 0.1) is 5.82 Å². The third-order valence-corrected chi connectivity index (χ3v) is 5.50. The van der Waals surface area contributed by atoms with E-state index in [9.17, 15) is 17.6 Å². The molecule has 0 aliphatic rings. The average molecular weight is 378 g/mol. The van der Waals surface area contributed by atoms with Gasteiger partial charge in [0.05, 0.1) is 6.26 Å². The zero-order valence-corrected chi connectivity index (χ0v) is 15.7. The Labute approximate surface area is 153 Å². The van der Waals surface area contributed by atoms with Gasteiger partial charge in [0, 0.05) is 32.5 Å². The van der Waals surface area contributed by atoms with Gasteiger partial charge in [-0.1, -0.05) is 48.5 Å². The summed E-state index contributed by atoms with van der Waals surface area (Å²) in [5.41, 5.74) is 1.31. The van der Waals surface area contributed by atoms with Crippen molar-refractivity contribution in [2.45, 2.75) is 12.3 Å². The van der Waals surface area contributed by atoms with Gasteiger partial charge in [0.2, 0.25) is 15.9 Å². The summed E-state index contributed by atoms with van der Waals surface area (Å²) in [5.74, 6) is -1.03. The van der Waals surface area contributed by atoms with Gasteiger partial charge in [0.15, 0.2) is 0 Å². The number of hydrogen-bond acceptors (Lipinski definition) is 3. The first-order chi connectivity index (χ1) is 12.3. The predicted molar refractivity (Wildman–Crippen MR) is 99.8 cm³/mol. The molecule has 0 saturated heterocycles. The topological polar surface area (TPSA) is 66.5 Å². The Balaban J connectivity index is 2.08. The number of carbonyl (C=O) groups is 1. The lowest BCUT2D eigenvalue weighted by Gasteiger charge is -2.19. The van der Waals surface area contributed by atoms with Gasteiger partial charge in [0.25, 0.3) is 0 Å². The maximum Gasteiger partial charge on any atom is 0.220 e. The summed E-state index contributed by atoms with van der Waals surface area (Å²) < 4.78 is 38.2. The molecule has 0 bridgehead atoms. The fourth-order valence-corrected chi connectivity index (χ4v) is 3.05. The molecule has 5 nitrogen and oxygen atoms in total. The Morgan fingerprint density at radius 3 is 2.35 bits per heavy atom. The molecule has 0 radical (unpaired) electrons. The lowest BCUT2D eigenvalue weighted by Crippen LogP contribution is -2.36. The summed E-state index contributed by atoms with van der Waals surface area (Å²) in [6, 6.07) is 15.7. The number of benzene rings is 2. The molecule has 0 aliphatic heterocycles. The van der Waals surface area contributed by atoms with Crippen molar-refractivity contribution in [1.29, 1.82) is 0 Å². The minimum Gasteiger partial charge on any atom is -0.355 e. The summed E-state index contributed by atoms with van der Waals surface area (Å²) in [7, 11) is -1.83. The first-order valence-corrected chi connectivity index (χ1v) is 10.1. The first-order valence-electron chi connectivity index (χ1n) is 8.26. The Bertz CT molecular complexity index is 841. The normalized spacial score (nSPS) is 12.8. The van der Waals surface area contributed by atoms with Gasteiger partial charge in [-0.05, 0) is 17.2 Å². The van der Waals surface area contributed by atoms with Gasteiger partial charge in [-0.2, -0.15) is 0 Å². The van der Waals surface area contributed by atoms with Crippen molar-refractivity contribution < 1.29 is 17.6 Å². The fourth-order valence-electron chi connectivity index (χ4n) is 2.63. The second-order valence-electron chi connectivity index (χ2n) is 6.12. The van der Waals surface area contributed by atoms with Gasteiger partial charge in [-0.3, -0.25) is 4.79 Å².